The van der Waals surface area contributed by atoms with Gasteiger partial charge in [-0.05, 0) is 26.0 Å². The second-order valence-electron chi connectivity index (χ2n) is 6.97. The van der Waals surface area contributed by atoms with E-state index in [4.69, 9.17) is 0 Å². The van der Waals surface area contributed by atoms with Crippen LogP contribution in [-0.2, 0) is 10.1 Å². The molecule has 0 saturated heterocycles. The Labute approximate surface area is 177 Å². The van der Waals surface area contributed by atoms with Crippen molar-refractivity contribution in [3.05, 3.63) is 65.9 Å². The van der Waals surface area contributed by atoms with Crippen molar-refractivity contribution in [2.45, 2.75) is 18.7 Å². The summed E-state index contributed by atoms with van der Waals surface area (Å²) in [6.07, 6.45) is 0. The molecule has 0 amide bonds. The molecule has 9 nitrogen and oxygen atoms in total. The largest absolute Gasteiger partial charge is 0.506 e. The Hall–Kier alpha value is -3.76. The maximum Gasteiger partial charge on any atom is 0.295 e. The van der Waals surface area contributed by atoms with Crippen molar-refractivity contribution in [3.63, 3.8) is 0 Å². The van der Waals surface area contributed by atoms with Crippen molar-refractivity contribution in [2.24, 2.45) is 10.2 Å². The van der Waals surface area contributed by atoms with Crippen LogP contribution >= 0.6 is 0 Å². The molecule has 4 aromatic rings. The molecule has 0 aliphatic carbocycles. The number of phenolic OH excluding ortho intramolecular Hbond substituents is 1. The van der Waals surface area contributed by atoms with Crippen LogP contribution in [-0.4, -0.2) is 33.0 Å². The van der Waals surface area contributed by atoms with Crippen molar-refractivity contribution >= 4 is 32.3 Å². The number of nitrogens with zero attached hydrogens (tertiary/aromatic N) is 4. The van der Waals surface area contributed by atoms with Gasteiger partial charge in [0, 0.05) is 16.8 Å². The second-order valence-corrected chi connectivity index (χ2v) is 8.36. The van der Waals surface area contributed by atoms with Crippen LogP contribution in [0.2, 0.25) is 0 Å². The lowest BCUT2D eigenvalue weighted by molar-refractivity contribution is 0.434. The molecule has 0 fully saturated rings. The number of benzene rings is 3. The molecule has 0 bridgehead atoms. The number of fused-ring (bicyclic) bond motifs is 1. The van der Waals surface area contributed by atoms with Gasteiger partial charge in [0.25, 0.3) is 10.1 Å². The third kappa shape index (κ3) is 3.74. The highest BCUT2D eigenvalue weighted by atomic mass is 32.2. The molecule has 0 saturated carbocycles. The Morgan fingerprint density at radius 2 is 1.52 bits per heavy atom. The summed E-state index contributed by atoms with van der Waals surface area (Å²) < 4.78 is 34.2. The van der Waals surface area contributed by atoms with Gasteiger partial charge in [0.05, 0.1) is 11.4 Å². The summed E-state index contributed by atoms with van der Waals surface area (Å²) in [5.74, 6) is -0.721. The third-order valence-electron chi connectivity index (χ3n) is 4.77. The first-order valence-corrected chi connectivity index (χ1v) is 10.6. The Balaban J connectivity index is 1.83. The molecular formula is C21H18N4O5S. The number of azo groups is 1. The first kappa shape index (κ1) is 20.5. The van der Waals surface area contributed by atoms with Crippen LogP contribution in [0.15, 0.2) is 69.7 Å². The lowest BCUT2D eigenvalue weighted by Gasteiger charge is -2.08. The van der Waals surface area contributed by atoms with Crippen LogP contribution in [0.3, 0.4) is 0 Å². The smallest absolute Gasteiger partial charge is 0.295 e. The molecule has 0 radical (unpaired) electrons. The first-order chi connectivity index (χ1) is 14.7. The van der Waals surface area contributed by atoms with E-state index in [1.165, 1.54) is 10.7 Å². The quantitative estimate of drug-likeness (QED) is 0.311. The van der Waals surface area contributed by atoms with Crippen LogP contribution in [0.25, 0.3) is 16.5 Å². The average molecular weight is 438 g/mol. The fraction of sp³-hybridized carbons (Fsp3) is 0.0952. The number of aromatic hydroxyl groups is 2. The lowest BCUT2D eigenvalue weighted by Crippen LogP contribution is -1.99. The van der Waals surface area contributed by atoms with E-state index in [2.05, 4.69) is 15.3 Å². The van der Waals surface area contributed by atoms with Crippen LogP contribution in [0.4, 0.5) is 11.4 Å². The van der Waals surface area contributed by atoms with Gasteiger partial charge in [-0.15, -0.1) is 10.2 Å². The van der Waals surface area contributed by atoms with E-state index in [1.54, 1.807) is 37.3 Å². The third-order valence-corrected chi connectivity index (χ3v) is 5.66. The average Bonchev–Trinajstić information content (AvgIpc) is 3.00. The van der Waals surface area contributed by atoms with E-state index >= 15 is 0 Å². The standard InChI is InChI=1S/C21H18N4O5S/c1-12-7-9-14(10-8-12)25-21(27)19(13(2)24-25)22-23-20-16-6-4-3-5-15(16)18(11-17(20)26)31(28,29)30/h3-11,26-27H,1-2H3,(H,28,29,30)/b23-22+. The molecule has 0 atom stereocenters. The Morgan fingerprint density at radius 1 is 0.903 bits per heavy atom. The van der Waals surface area contributed by atoms with E-state index in [-0.39, 0.29) is 28.0 Å². The number of phenols is 1. The highest BCUT2D eigenvalue weighted by Crippen LogP contribution is 2.41. The van der Waals surface area contributed by atoms with Crippen molar-refractivity contribution in [3.8, 4) is 17.3 Å². The Kier molecular flexibility index (Phi) is 4.96. The van der Waals surface area contributed by atoms with Crippen LogP contribution in [0.1, 0.15) is 11.3 Å². The summed E-state index contributed by atoms with van der Waals surface area (Å²) in [7, 11) is -4.57. The maximum absolute atomic E-state index is 11.7. The molecule has 0 aliphatic rings. The number of hydrogen-bond donors (Lipinski definition) is 3. The summed E-state index contributed by atoms with van der Waals surface area (Å²) in [6, 6.07) is 14.5. The molecule has 0 unspecified atom stereocenters. The predicted molar refractivity (Wildman–Crippen MR) is 114 cm³/mol. The zero-order valence-electron chi connectivity index (χ0n) is 16.6. The summed E-state index contributed by atoms with van der Waals surface area (Å²) in [4.78, 5) is -0.439. The van der Waals surface area contributed by atoms with Gasteiger partial charge in [-0.25, -0.2) is 0 Å². The van der Waals surface area contributed by atoms with Crippen molar-refractivity contribution in [1.82, 2.24) is 9.78 Å². The van der Waals surface area contributed by atoms with E-state index in [9.17, 15) is 23.2 Å². The summed E-state index contributed by atoms with van der Waals surface area (Å²) in [6.45, 7) is 3.60. The van der Waals surface area contributed by atoms with Gasteiger partial charge in [-0.1, -0.05) is 42.0 Å². The number of aromatic nitrogens is 2. The van der Waals surface area contributed by atoms with Crippen molar-refractivity contribution in [1.29, 1.82) is 0 Å². The minimum atomic E-state index is -4.57. The summed E-state index contributed by atoms with van der Waals surface area (Å²) in [5.41, 5.74) is 2.19. The van der Waals surface area contributed by atoms with Crippen LogP contribution < -0.4 is 0 Å². The molecule has 1 heterocycles. The molecule has 3 N–H and O–H groups in total. The number of aryl methyl sites for hydroxylation is 2. The van der Waals surface area contributed by atoms with Gasteiger partial charge in [0.2, 0.25) is 5.88 Å². The number of hydrogen-bond acceptors (Lipinski definition) is 7. The fourth-order valence-electron chi connectivity index (χ4n) is 3.22. The van der Waals surface area contributed by atoms with E-state index in [0.717, 1.165) is 11.6 Å². The van der Waals surface area contributed by atoms with Crippen molar-refractivity contribution < 1.29 is 23.2 Å². The molecule has 31 heavy (non-hydrogen) atoms. The molecular weight excluding hydrogens is 420 g/mol. The molecule has 158 valence electrons. The van der Waals surface area contributed by atoms with Gasteiger partial charge < -0.3 is 10.2 Å². The molecule has 0 aliphatic heterocycles. The Morgan fingerprint density at radius 3 is 2.16 bits per heavy atom. The van der Waals surface area contributed by atoms with Gasteiger partial charge >= 0.3 is 0 Å². The van der Waals surface area contributed by atoms with Gasteiger partial charge in [0.15, 0.2) is 5.69 Å². The predicted octanol–water partition coefficient (Wildman–Crippen LogP) is 4.72. The summed E-state index contributed by atoms with van der Waals surface area (Å²) in [5, 5.41) is 33.8. The zero-order valence-corrected chi connectivity index (χ0v) is 17.4. The van der Waals surface area contributed by atoms with Crippen LogP contribution in [0, 0.1) is 13.8 Å². The highest BCUT2D eigenvalue weighted by Gasteiger charge is 2.20. The van der Waals surface area contributed by atoms with Gasteiger partial charge in [0.1, 0.15) is 16.3 Å². The molecule has 10 heteroatoms. The normalized spacial score (nSPS) is 12.1. The monoisotopic (exact) mass is 438 g/mol. The topological polar surface area (TPSA) is 137 Å². The van der Waals surface area contributed by atoms with Crippen LogP contribution in [0.5, 0.6) is 11.6 Å². The highest BCUT2D eigenvalue weighted by molar-refractivity contribution is 7.86. The number of rotatable bonds is 4. The SMILES string of the molecule is Cc1ccc(-n2nc(C)c(/N=N/c3c(O)cc(S(=O)(=O)O)c4ccccc34)c2O)cc1. The van der Waals surface area contributed by atoms with E-state index < -0.39 is 20.8 Å². The first-order valence-electron chi connectivity index (χ1n) is 9.16. The van der Waals surface area contributed by atoms with E-state index in [0.29, 0.717) is 11.4 Å². The van der Waals surface area contributed by atoms with Gasteiger partial charge in [-0.3, -0.25) is 4.55 Å². The molecule has 1 aromatic heterocycles. The minimum Gasteiger partial charge on any atom is -0.506 e. The molecule has 3 aromatic carbocycles. The summed E-state index contributed by atoms with van der Waals surface area (Å²) >= 11 is 0. The van der Waals surface area contributed by atoms with Gasteiger partial charge in [-0.2, -0.15) is 18.2 Å². The molecule has 0 spiro atoms. The minimum absolute atomic E-state index is 0.00936. The maximum atomic E-state index is 11.7. The zero-order chi connectivity index (χ0) is 22.3. The lowest BCUT2D eigenvalue weighted by atomic mass is 10.1. The fourth-order valence-corrected chi connectivity index (χ4v) is 3.94. The second kappa shape index (κ2) is 7.49. The molecule has 4 rings (SSSR count). The Bertz CT molecular complexity index is 1440. The van der Waals surface area contributed by atoms with Crippen molar-refractivity contribution in [2.75, 3.05) is 0 Å². The van der Waals surface area contributed by atoms with E-state index in [1.807, 2.05) is 19.1 Å².